The van der Waals surface area contributed by atoms with Crippen LogP contribution in [0.4, 0.5) is 5.69 Å². The summed E-state index contributed by atoms with van der Waals surface area (Å²) in [5.74, 6) is -0.659. The first-order chi connectivity index (χ1) is 13.3. The van der Waals surface area contributed by atoms with E-state index in [1.54, 1.807) is 30.3 Å². The van der Waals surface area contributed by atoms with Crippen molar-refractivity contribution in [3.05, 3.63) is 81.0 Å². The number of amides is 2. The van der Waals surface area contributed by atoms with Crippen LogP contribution in [0.15, 0.2) is 54.2 Å². The van der Waals surface area contributed by atoms with E-state index in [-0.39, 0.29) is 17.3 Å². The maximum Gasteiger partial charge on any atom is 0.270 e. The fraction of sp³-hybridized carbons (Fsp3) is 0.238. The Morgan fingerprint density at radius 3 is 2.43 bits per heavy atom. The third-order valence-corrected chi connectivity index (χ3v) is 3.87. The van der Waals surface area contributed by atoms with Crippen molar-refractivity contribution in [3.8, 4) is 0 Å². The first kappa shape index (κ1) is 20.8. The lowest BCUT2D eigenvalue weighted by atomic mass is 10.1. The molecule has 0 saturated heterocycles. The Bertz CT molecular complexity index is 902. The second-order valence-corrected chi connectivity index (χ2v) is 6.83. The summed E-state index contributed by atoms with van der Waals surface area (Å²) >= 11 is 0. The molecule has 2 rings (SSSR count). The lowest BCUT2D eigenvalue weighted by Crippen LogP contribution is -2.36. The van der Waals surface area contributed by atoms with Crippen LogP contribution in [0, 0.1) is 23.0 Å². The summed E-state index contributed by atoms with van der Waals surface area (Å²) in [5.41, 5.74) is 1.78. The molecule has 7 nitrogen and oxygen atoms in total. The molecule has 0 aromatic heterocycles. The van der Waals surface area contributed by atoms with Crippen LogP contribution in [0.5, 0.6) is 0 Å². The molecule has 146 valence electrons. The highest BCUT2D eigenvalue weighted by molar-refractivity contribution is 6.05. The van der Waals surface area contributed by atoms with Crippen LogP contribution in [0.2, 0.25) is 0 Å². The summed E-state index contributed by atoms with van der Waals surface area (Å²) in [6.07, 6.45) is 1.43. The highest BCUT2D eigenvalue weighted by Crippen LogP contribution is 2.16. The van der Waals surface area contributed by atoms with Gasteiger partial charge in [0, 0.05) is 24.2 Å². The smallest absolute Gasteiger partial charge is 0.270 e. The molecule has 7 heteroatoms. The highest BCUT2D eigenvalue weighted by atomic mass is 16.6. The van der Waals surface area contributed by atoms with Crippen molar-refractivity contribution in [2.45, 2.75) is 20.8 Å². The Morgan fingerprint density at radius 1 is 1.14 bits per heavy atom. The van der Waals surface area contributed by atoms with Gasteiger partial charge < -0.3 is 10.6 Å². The number of aryl methyl sites for hydroxylation is 1. The number of carbonyl (C=O) groups is 2. The van der Waals surface area contributed by atoms with Gasteiger partial charge in [-0.1, -0.05) is 43.7 Å². The van der Waals surface area contributed by atoms with E-state index in [0.717, 1.165) is 5.56 Å². The Kier molecular flexibility index (Phi) is 7.03. The second kappa shape index (κ2) is 9.45. The van der Waals surface area contributed by atoms with Gasteiger partial charge in [0.15, 0.2) is 0 Å². The van der Waals surface area contributed by atoms with Gasteiger partial charge in [0.2, 0.25) is 0 Å². The van der Waals surface area contributed by atoms with E-state index in [1.165, 1.54) is 24.3 Å². The van der Waals surface area contributed by atoms with Crippen LogP contribution in [-0.4, -0.2) is 23.3 Å². The number of nitrogens with zero attached hydrogens (tertiary/aromatic N) is 1. The Hall–Kier alpha value is -3.48. The molecule has 0 aliphatic rings. The average Bonchev–Trinajstić information content (AvgIpc) is 2.66. The number of carbonyl (C=O) groups excluding carboxylic acids is 2. The van der Waals surface area contributed by atoms with Crippen molar-refractivity contribution in [1.82, 2.24) is 10.6 Å². The van der Waals surface area contributed by atoms with Crippen molar-refractivity contribution in [2.75, 3.05) is 6.54 Å². The molecule has 2 aromatic rings. The van der Waals surface area contributed by atoms with Crippen molar-refractivity contribution >= 4 is 23.6 Å². The molecule has 2 aromatic carbocycles. The molecule has 0 aliphatic carbocycles. The molecule has 28 heavy (non-hydrogen) atoms. The molecule has 0 radical (unpaired) electrons. The first-order valence-corrected chi connectivity index (χ1v) is 8.88. The third kappa shape index (κ3) is 6.05. The SMILES string of the molecule is Cc1ccc(C(=O)N/C(=C\c2cccc([N+](=O)[O-])c2)C(=O)NCC(C)C)cc1. The monoisotopic (exact) mass is 381 g/mol. The standard InChI is InChI=1S/C21H23N3O4/c1-14(2)13-22-21(26)19(12-16-5-4-6-18(11-16)24(27)28)23-20(25)17-9-7-15(3)8-10-17/h4-12,14H,13H2,1-3H3,(H,22,26)(H,23,25)/b19-12-. The number of nitro benzene ring substituents is 1. The van der Waals surface area contributed by atoms with E-state index in [9.17, 15) is 19.7 Å². The van der Waals surface area contributed by atoms with E-state index in [2.05, 4.69) is 10.6 Å². The van der Waals surface area contributed by atoms with E-state index >= 15 is 0 Å². The van der Waals surface area contributed by atoms with Gasteiger partial charge in [-0.05, 0) is 36.6 Å². The summed E-state index contributed by atoms with van der Waals surface area (Å²) in [5, 5.41) is 16.3. The Morgan fingerprint density at radius 2 is 1.82 bits per heavy atom. The summed E-state index contributed by atoms with van der Waals surface area (Å²) in [6, 6.07) is 12.8. The van der Waals surface area contributed by atoms with Crippen LogP contribution < -0.4 is 10.6 Å². The zero-order valence-corrected chi connectivity index (χ0v) is 16.1. The van der Waals surface area contributed by atoms with Crippen LogP contribution in [0.3, 0.4) is 0 Å². The van der Waals surface area contributed by atoms with Crippen molar-refractivity contribution in [3.63, 3.8) is 0 Å². The van der Waals surface area contributed by atoms with Crippen LogP contribution in [0.1, 0.15) is 35.3 Å². The largest absolute Gasteiger partial charge is 0.351 e. The van der Waals surface area contributed by atoms with Gasteiger partial charge in [-0.25, -0.2) is 0 Å². The van der Waals surface area contributed by atoms with Crippen molar-refractivity contribution in [2.24, 2.45) is 5.92 Å². The zero-order valence-electron chi connectivity index (χ0n) is 16.1. The topological polar surface area (TPSA) is 101 Å². The summed E-state index contributed by atoms with van der Waals surface area (Å²) in [7, 11) is 0. The molecule has 0 heterocycles. The molecule has 0 fully saturated rings. The van der Waals surface area contributed by atoms with Crippen LogP contribution in [-0.2, 0) is 4.79 Å². The van der Waals surface area contributed by atoms with E-state index in [1.807, 2.05) is 20.8 Å². The number of nitrogens with one attached hydrogen (secondary N) is 2. The second-order valence-electron chi connectivity index (χ2n) is 6.83. The molecule has 2 amide bonds. The minimum Gasteiger partial charge on any atom is -0.351 e. The van der Waals surface area contributed by atoms with Gasteiger partial charge in [-0.2, -0.15) is 0 Å². The van der Waals surface area contributed by atoms with E-state index in [4.69, 9.17) is 0 Å². The van der Waals surface area contributed by atoms with Gasteiger partial charge in [0.05, 0.1) is 4.92 Å². The molecule has 2 N–H and O–H groups in total. The molecule has 0 atom stereocenters. The molecule has 0 unspecified atom stereocenters. The predicted molar refractivity (Wildman–Crippen MR) is 108 cm³/mol. The number of rotatable bonds is 7. The van der Waals surface area contributed by atoms with Crippen molar-refractivity contribution in [1.29, 1.82) is 0 Å². The average molecular weight is 381 g/mol. The zero-order chi connectivity index (χ0) is 20.7. The van der Waals surface area contributed by atoms with Gasteiger partial charge in [0.25, 0.3) is 17.5 Å². The minimum atomic E-state index is -0.513. The fourth-order valence-electron chi connectivity index (χ4n) is 2.34. The molecule has 0 saturated carbocycles. The normalized spacial score (nSPS) is 11.2. The quantitative estimate of drug-likeness (QED) is 0.436. The van der Waals surface area contributed by atoms with E-state index in [0.29, 0.717) is 17.7 Å². The Balaban J connectivity index is 2.31. The molecule has 0 aliphatic heterocycles. The Labute approximate surface area is 163 Å². The van der Waals surface area contributed by atoms with Crippen LogP contribution in [0.25, 0.3) is 6.08 Å². The van der Waals surface area contributed by atoms with Gasteiger partial charge >= 0.3 is 0 Å². The molecule has 0 spiro atoms. The number of hydrogen-bond acceptors (Lipinski definition) is 4. The summed E-state index contributed by atoms with van der Waals surface area (Å²) < 4.78 is 0. The maximum absolute atomic E-state index is 12.6. The number of nitro groups is 1. The van der Waals surface area contributed by atoms with Gasteiger partial charge in [0.1, 0.15) is 5.70 Å². The molecular weight excluding hydrogens is 358 g/mol. The molecular formula is C21H23N3O4. The third-order valence-electron chi connectivity index (χ3n) is 3.87. The predicted octanol–water partition coefficient (Wildman–Crippen LogP) is 3.45. The van der Waals surface area contributed by atoms with Gasteiger partial charge in [-0.3, -0.25) is 19.7 Å². The maximum atomic E-state index is 12.6. The number of non-ortho nitro benzene ring substituents is 1. The van der Waals surface area contributed by atoms with E-state index < -0.39 is 16.7 Å². The summed E-state index contributed by atoms with van der Waals surface area (Å²) in [4.78, 5) is 35.6. The molecule has 0 bridgehead atoms. The van der Waals surface area contributed by atoms with Crippen molar-refractivity contribution < 1.29 is 14.5 Å². The fourth-order valence-corrected chi connectivity index (χ4v) is 2.34. The first-order valence-electron chi connectivity index (χ1n) is 8.88. The minimum absolute atomic E-state index is 0.0201. The lowest BCUT2D eigenvalue weighted by Gasteiger charge is -2.12. The summed E-state index contributed by atoms with van der Waals surface area (Å²) in [6.45, 7) is 6.25. The highest BCUT2D eigenvalue weighted by Gasteiger charge is 2.15. The number of benzene rings is 2. The van der Waals surface area contributed by atoms with Gasteiger partial charge in [-0.15, -0.1) is 0 Å². The number of hydrogen-bond donors (Lipinski definition) is 2. The van der Waals surface area contributed by atoms with Crippen LogP contribution >= 0.6 is 0 Å². The lowest BCUT2D eigenvalue weighted by molar-refractivity contribution is -0.384.